The van der Waals surface area contributed by atoms with Crippen molar-refractivity contribution in [1.29, 1.82) is 0 Å². The van der Waals surface area contributed by atoms with E-state index in [-0.39, 0.29) is 17.3 Å². The SMILES string of the molecule is CCc1nc2n(n1)CC(NC(=NC)NCC1(c3cccc(F)c3)CC1)CC2. The maximum absolute atomic E-state index is 13.6. The van der Waals surface area contributed by atoms with Crippen molar-refractivity contribution in [1.82, 2.24) is 25.4 Å². The normalized spacial score (nSPS) is 20.9. The second-order valence-electron chi connectivity index (χ2n) is 7.58. The van der Waals surface area contributed by atoms with Crippen molar-refractivity contribution in [2.75, 3.05) is 13.6 Å². The van der Waals surface area contributed by atoms with E-state index in [1.807, 2.05) is 10.7 Å². The molecule has 0 saturated heterocycles. The number of aromatic nitrogens is 3. The third kappa shape index (κ3) is 3.82. The Bertz CT molecular complexity index is 839. The Morgan fingerprint density at radius 3 is 2.96 bits per heavy atom. The van der Waals surface area contributed by atoms with E-state index in [1.165, 1.54) is 6.07 Å². The Morgan fingerprint density at radius 1 is 1.41 bits per heavy atom. The highest BCUT2D eigenvalue weighted by Gasteiger charge is 2.44. The molecular formula is C20H27FN6. The first-order valence-corrected chi connectivity index (χ1v) is 9.78. The van der Waals surface area contributed by atoms with Crippen molar-refractivity contribution in [3.8, 4) is 0 Å². The van der Waals surface area contributed by atoms with Gasteiger partial charge in [0, 0.05) is 37.9 Å². The van der Waals surface area contributed by atoms with Gasteiger partial charge in [0.05, 0.1) is 6.54 Å². The molecule has 0 spiro atoms. The van der Waals surface area contributed by atoms with Gasteiger partial charge < -0.3 is 10.6 Å². The zero-order valence-corrected chi connectivity index (χ0v) is 16.0. The maximum atomic E-state index is 13.6. The van der Waals surface area contributed by atoms with Crippen LogP contribution in [0.2, 0.25) is 0 Å². The number of aliphatic imine (C=N–C) groups is 1. The van der Waals surface area contributed by atoms with Crippen LogP contribution in [0.25, 0.3) is 0 Å². The molecule has 1 aromatic heterocycles. The van der Waals surface area contributed by atoms with Gasteiger partial charge >= 0.3 is 0 Å². The lowest BCUT2D eigenvalue weighted by atomic mass is 9.96. The second-order valence-corrected chi connectivity index (χ2v) is 7.58. The van der Waals surface area contributed by atoms with Crippen LogP contribution in [0, 0.1) is 5.82 Å². The Kier molecular flexibility index (Phi) is 4.85. The van der Waals surface area contributed by atoms with Crippen molar-refractivity contribution < 1.29 is 4.39 Å². The van der Waals surface area contributed by atoms with Crippen LogP contribution in [-0.2, 0) is 24.8 Å². The summed E-state index contributed by atoms with van der Waals surface area (Å²) in [7, 11) is 1.79. The van der Waals surface area contributed by atoms with Gasteiger partial charge in [0.15, 0.2) is 11.8 Å². The van der Waals surface area contributed by atoms with Crippen molar-refractivity contribution in [2.45, 2.75) is 57.0 Å². The molecule has 0 radical (unpaired) electrons. The van der Waals surface area contributed by atoms with Gasteiger partial charge in [-0.3, -0.25) is 4.99 Å². The van der Waals surface area contributed by atoms with Gasteiger partial charge in [-0.15, -0.1) is 0 Å². The molecule has 1 aliphatic heterocycles. The molecule has 7 heteroatoms. The minimum atomic E-state index is -0.168. The quantitative estimate of drug-likeness (QED) is 0.625. The first-order valence-electron chi connectivity index (χ1n) is 9.78. The molecule has 2 aromatic rings. The van der Waals surface area contributed by atoms with E-state index in [0.717, 1.165) is 68.4 Å². The van der Waals surface area contributed by atoms with Gasteiger partial charge in [0.1, 0.15) is 11.6 Å². The van der Waals surface area contributed by atoms with Gasteiger partial charge in [-0.25, -0.2) is 14.1 Å². The van der Waals surface area contributed by atoms with Gasteiger partial charge in [-0.05, 0) is 37.0 Å². The molecule has 2 aliphatic rings. The van der Waals surface area contributed by atoms with Crippen molar-refractivity contribution in [2.24, 2.45) is 4.99 Å². The largest absolute Gasteiger partial charge is 0.356 e. The predicted octanol–water partition coefficient (Wildman–Crippen LogP) is 2.19. The monoisotopic (exact) mass is 370 g/mol. The van der Waals surface area contributed by atoms with Crippen LogP contribution in [0.1, 0.15) is 43.4 Å². The molecule has 1 atom stereocenters. The molecular weight excluding hydrogens is 343 g/mol. The van der Waals surface area contributed by atoms with E-state index >= 15 is 0 Å². The summed E-state index contributed by atoms with van der Waals surface area (Å²) >= 11 is 0. The highest BCUT2D eigenvalue weighted by Crippen LogP contribution is 2.47. The number of hydrogen-bond donors (Lipinski definition) is 2. The number of guanidine groups is 1. The van der Waals surface area contributed by atoms with Crippen molar-refractivity contribution >= 4 is 5.96 Å². The van der Waals surface area contributed by atoms with Gasteiger partial charge in [-0.1, -0.05) is 19.1 Å². The van der Waals surface area contributed by atoms with E-state index in [4.69, 9.17) is 0 Å². The first-order chi connectivity index (χ1) is 13.1. The van der Waals surface area contributed by atoms with Crippen LogP contribution in [0.3, 0.4) is 0 Å². The maximum Gasteiger partial charge on any atom is 0.191 e. The Balaban J connectivity index is 1.35. The van der Waals surface area contributed by atoms with Crippen LogP contribution >= 0.6 is 0 Å². The number of nitrogens with zero attached hydrogens (tertiary/aromatic N) is 4. The lowest BCUT2D eigenvalue weighted by molar-refractivity contribution is 0.391. The summed E-state index contributed by atoms with van der Waals surface area (Å²) in [5, 5.41) is 11.5. The van der Waals surface area contributed by atoms with Crippen LogP contribution in [0.5, 0.6) is 0 Å². The summed E-state index contributed by atoms with van der Waals surface area (Å²) in [6.07, 6.45) is 4.95. The molecule has 6 nitrogen and oxygen atoms in total. The van der Waals surface area contributed by atoms with E-state index < -0.39 is 0 Å². The molecule has 0 amide bonds. The average Bonchev–Trinajstić information content (AvgIpc) is 3.36. The molecule has 1 aromatic carbocycles. The lowest BCUT2D eigenvalue weighted by Crippen LogP contribution is -2.48. The Morgan fingerprint density at radius 2 is 2.26 bits per heavy atom. The van der Waals surface area contributed by atoms with E-state index in [0.29, 0.717) is 0 Å². The second kappa shape index (κ2) is 7.29. The highest BCUT2D eigenvalue weighted by atomic mass is 19.1. The van der Waals surface area contributed by atoms with Crippen molar-refractivity contribution in [3.05, 3.63) is 47.3 Å². The van der Waals surface area contributed by atoms with Crippen molar-refractivity contribution in [3.63, 3.8) is 0 Å². The summed E-state index contributed by atoms with van der Waals surface area (Å²) in [6.45, 7) is 3.64. The molecule has 0 bridgehead atoms. The fourth-order valence-corrected chi connectivity index (χ4v) is 3.81. The number of rotatable bonds is 5. The fourth-order valence-electron chi connectivity index (χ4n) is 3.81. The summed E-state index contributed by atoms with van der Waals surface area (Å²) < 4.78 is 15.6. The van der Waals surface area contributed by atoms with E-state index in [9.17, 15) is 4.39 Å². The molecule has 2 N–H and O–H groups in total. The van der Waals surface area contributed by atoms with Crippen LogP contribution in [0.15, 0.2) is 29.3 Å². The number of fused-ring (bicyclic) bond motifs is 1. The number of hydrogen-bond acceptors (Lipinski definition) is 3. The molecule has 2 heterocycles. The van der Waals surface area contributed by atoms with E-state index in [1.54, 1.807) is 19.2 Å². The highest BCUT2D eigenvalue weighted by molar-refractivity contribution is 5.80. The lowest BCUT2D eigenvalue weighted by Gasteiger charge is -2.26. The van der Waals surface area contributed by atoms with Crippen LogP contribution < -0.4 is 10.6 Å². The first kappa shape index (κ1) is 17.9. The number of benzene rings is 1. The third-order valence-electron chi connectivity index (χ3n) is 5.67. The van der Waals surface area contributed by atoms with Gasteiger partial charge in [0.2, 0.25) is 0 Å². The minimum Gasteiger partial charge on any atom is -0.356 e. The molecule has 27 heavy (non-hydrogen) atoms. The third-order valence-corrected chi connectivity index (χ3v) is 5.67. The molecule has 1 aliphatic carbocycles. The zero-order chi connectivity index (χ0) is 18.9. The summed E-state index contributed by atoms with van der Waals surface area (Å²) in [4.78, 5) is 8.94. The molecule has 4 rings (SSSR count). The number of aryl methyl sites for hydroxylation is 2. The average molecular weight is 370 g/mol. The molecule has 1 saturated carbocycles. The smallest absolute Gasteiger partial charge is 0.191 e. The summed E-state index contributed by atoms with van der Waals surface area (Å²) in [5.74, 6) is 2.62. The molecule has 144 valence electrons. The van der Waals surface area contributed by atoms with Gasteiger partial charge in [0.25, 0.3) is 0 Å². The minimum absolute atomic E-state index is 0.0292. The zero-order valence-electron chi connectivity index (χ0n) is 16.0. The fraction of sp³-hybridized carbons (Fsp3) is 0.550. The molecule has 1 fully saturated rings. The van der Waals surface area contributed by atoms with Crippen LogP contribution in [0.4, 0.5) is 4.39 Å². The van der Waals surface area contributed by atoms with Crippen LogP contribution in [-0.4, -0.2) is 40.4 Å². The number of nitrogens with one attached hydrogen (secondary N) is 2. The van der Waals surface area contributed by atoms with E-state index in [2.05, 4.69) is 32.6 Å². The predicted molar refractivity (Wildman–Crippen MR) is 103 cm³/mol. The Labute approximate surface area is 159 Å². The molecule has 1 unspecified atom stereocenters. The summed E-state index contributed by atoms with van der Waals surface area (Å²) in [6, 6.07) is 7.24. The van der Waals surface area contributed by atoms with Gasteiger partial charge in [-0.2, -0.15) is 5.10 Å². The standard InChI is InChI=1S/C20H27FN6/c1-3-17-25-18-8-7-16(12-27(18)26-17)24-19(22-2)23-13-20(9-10-20)14-5-4-6-15(21)11-14/h4-6,11,16H,3,7-10,12-13H2,1-2H3,(H2,22,23,24). The summed E-state index contributed by atoms with van der Waals surface area (Å²) in [5.41, 5.74) is 1.10. The topological polar surface area (TPSA) is 67.1 Å². The Hall–Kier alpha value is -2.44. The number of halogens is 1.